The molecule has 276 valence electrons. The Morgan fingerprint density at radius 3 is 2.64 bits per heavy atom. The number of nitrogens with one attached hydrogen (secondary N) is 1. The van der Waals surface area contributed by atoms with E-state index in [0.717, 1.165) is 66.4 Å². The minimum atomic E-state index is -1.65. The van der Waals surface area contributed by atoms with Gasteiger partial charge < -0.3 is 36.4 Å². The van der Waals surface area contributed by atoms with Gasteiger partial charge in [0.05, 0.1) is 36.3 Å². The number of thiophene rings is 1. The molecule has 3 aromatic carbocycles. The summed E-state index contributed by atoms with van der Waals surface area (Å²) < 4.78 is 36.0. The Labute approximate surface area is 309 Å². The highest BCUT2D eigenvalue weighted by Crippen LogP contribution is 2.39. The molecule has 0 aliphatic carbocycles. The molecule has 0 saturated carbocycles. The fourth-order valence-electron chi connectivity index (χ4n) is 7.00. The van der Waals surface area contributed by atoms with E-state index in [1.807, 2.05) is 42.5 Å². The Morgan fingerprint density at radius 1 is 1.06 bits per heavy atom. The lowest BCUT2D eigenvalue weighted by atomic mass is 9.89. The SMILES string of the molecule is NC=NC=NCC(O)(CCN1CCC(NCc2cc3c(nc(N)c(=O)n3-c3ccc4c(c3)N(c3ccccc3)CCO4)s2)CC1)c1ccc(F)cc1F. The van der Waals surface area contributed by atoms with E-state index in [1.54, 1.807) is 4.57 Å². The summed E-state index contributed by atoms with van der Waals surface area (Å²) in [5.74, 6) is -0.858. The van der Waals surface area contributed by atoms with Crippen molar-refractivity contribution in [1.82, 2.24) is 19.8 Å². The first-order chi connectivity index (χ1) is 25.7. The molecule has 0 radical (unpaired) electrons. The monoisotopic (exact) mass is 741 g/mol. The number of nitrogens with zero attached hydrogens (tertiary/aromatic N) is 6. The fourth-order valence-corrected chi connectivity index (χ4v) is 7.97. The van der Waals surface area contributed by atoms with Crippen molar-refractivity contribution >= 4 is 51.6 Å². The van der Waals surface area contributed by atoms with Crippen molar-refractivity contribution < 1.29 is 18.6 Å². The number of rotatable bonds is 12. The van der Waals surface area contributed by atoms with Crippen LogP contribution in [-0.2, 0) is 12.1 Å². The highest BCUT2D eigenvalue weighted by molar-refractivity contribution is 7.18. The Balaban J connectivity index is 1.01. The molecular formula is C38H41F2N9O3S. The molecule has 1 unspecified atom stereocenters. The number of nitrogen functional groups attached to an aromatic ring is 1. The number of ether oxygens (including phenoxy) is 1. The molecule has 0 bridgehead atoms. The van der Waals surface area contributed by atoms with E-state index < -0.39 is 17.2 Å². The lowest BCUT2D eigenvalue weighted by Crippen LogP contribution is -2.44. The molecule has 7 rings (SSSR count). The molecule has 12 nitrogen and oxygen atoms in total. The van der Waals surface area contributed by atoms with E-state index in [-0.39, 0.29) is 35.9 Å². The number of aromatic nitrogens is 2. The number of aliphatic imine (C=N–C) groups is 2. The summed E-state index contributed by atoms with van der Waals surface area (Å²) in [4.78, 5) is 31.9. The molecule has 53 heavy (non-hydrogen) atoms. The van der Waals surface area contributed by atoms with Gasteiger partial charge in [-0.3, -0.25) is 14.4 Å². The van der Waals surface area contributed by atoms with Crippen LogP contribution in [0.1, 0.15) is 29.7 Å². The summed E-state index contributed by atoms with van der Waals surface area (Å²) in [6.45, 7) is 3.70. The van der Waals surface area contributed by atoms with Crippen LogP contribution in [-0.4, -0.2) is 77.6 Å². The average Bonchev–Trinajstić information content (AvgIpc) is 3.57. The van der Waals surface area contributed by atoms with Gasteiger partial charge in [0.25, 0.3) is 5.56 Å². The van der Waals surface area contributed by atoms with Gasteiger partial charge in [-0.15, -0.1) is 11.3 Å². The largest absolute Gasteiger partial charge is 0.490 e. The number of anilines is 3. The maximum absolute atomic E-state index is 14.8. The van der Waals surface area contributed by atoms with Crippen LogP contribution in [0.15, 0.2) is 87.6 Å². The molecule has 4 heterocycles. The topological polar surface area (TPSA) is 160 Å². The van der Waals surface area contributed by atoms with E-state index in [1.165, 1.54) is 23.7 Å². The Hall–Kier alpha value is -5.22. The predicted molar refractivity (Wildman–Crippen MR) is 206 cm³/mol. The third-order valence-electron chi connectivity index (χ3n) is 9.78. The quantitative estimate of drug-likeness (QED) is 0.105. The molecular weight excluding hydrogens is 701 g/mol. The van der Waals surface area contributed by atoms with Crippen LogP contribution in [0, 0.1) is 11.6 Å². The van der Waals surface area contributed by atoms with Crippen LogP contribution in [0.2, 0.25) is 0 Å². The first-order valence-electron chi connectivity index (χ1n) is 17.5. The number of fused-ring (bicyclic) bond motifs is 2. The summed E-state index contributed by atoms with van der Waals surface area (Å²) in [6.07, 6.45) is 4.19. The molecule has 1 atom stereocenters. The molecule has 15 heteroatoms. The van der Waals surface area contributed by atoms with Crippen molar-refractivity contribution in [3.8, 4) is 11.4 Å². The number of benzene rings is 3. The van der Waals surface area contributed by atoms with Crippen LogP contribution in [0.4, 0.5) is 26.0 Å². The van der Waals surface area contributed by atoms with Crippen molar-refractivity contribution in [1.29, 1.82) is 0 Å². The average molecular weight is 742 g/mol. The Bertz CT molecular complexity index is 2190. The molecule has 0 spiro atoms. The highest BCUT2D eigenvalue weighted by atomic mass is 32.1. The molecule has 1 saturated heterocycles. The number of hydrogen-bond donors (Lipinski definition) is 4. The number of aliphatic hydroxyl groups is 1. The van der Waals surface area contributed by atoms with Gasteiger partial charge in [0.15, 0.2) is 5.82 Å². The predicted octanol–water partition coefficient (Wildman–Crippen LogP) is 4.69. The van der Waals surface area contributed by atoms with Gasteiger partial charge in [-0.2, -0.15) is 0 Å². The van der Waals surface area contributed by atoms with Gasteiger partial charge in [-0.1, -0.05) is 24.3 Å². The van der Waals surface area contributed by atoms with Gasteiger partial charge in [-0.05, 0) is 74.8 Å². The number of likely N-dealkylation sites (tertiary alicyclic amines) is 1. The minimum absolute atomic E-state index is 0.0101. The van der Waals surface area contributed by atoms with Crippen molar-refractivity contribution in [2.75, 3.05) is 50.0 Å². The van der Waals surface area contributed by atoms with Gasteiger partial charge in [-0.25, -0.2) is 18.8 Å². The van der Waals surface area contributed by atoms with Crippen LogP contribution in [0.25, 0.3) is 16.0 Å². The fraction of sp³-hybridized carbons (Fsp3) is 0.316. The molecule has 5 aromatic rings. The van der Waals surface area contributed by atoms with E-state index in [4.69, 9.17) is 16.2 Å². The Kier molecular flexibility index (Phi) is 10.8. The smallest absolute Gasteiger partial charge is 0.298 e. The van der Waals surface area contributed by atoms with Gasteiger partial charge in [0.1, 0.15) is 40.8 Å². The second-order valence-electron chi connectivity index (χ2n) is 13.2. The summed E-state index contributed by atoms with van der Waals surface area (Å²) in [6, 6.07) is 21.2. The normalized spacial score (nSPS) is 16.7. The second-order valence-corrected chi connectivity index (χ2v) is 14.3. The molecule has 2 aliphatic heterocycles. The lowest BCUT2D eigenvalue weighted by Gasteiger charge is -2.35. The summed E-state index contributed by atoms with van der Waals surface area (Å²) >= 11 is 1.50. The van der Waals surface area contributed by atoms with Gasteiger partial charge in [0.2, 0.25) is 0 Å². The second kappa shape index (κ2) is 15.8. The summed E-state index contributed by atoms with van der Waals surface area (Å²) in [7, 11) is 0. The van der Waals surface area contributed by atoms with Crippen molar-refractivity contribution in [2.45, 2.75) is 37.5 Å². The van der Waals surface area contributed by atoms with E-state index in [2.05, 4.69) is 42.2 Å². The van der Waals surface area contributed by atoms with Crippen molar-refractivity contribution in [3.05, 3.63) is 105 Å². The molecule has 2 aliphatic rings. The van der Waals surface area contributed by atoms with Crippen molar-refractivity contribution in [2.24, 2.45) is 15.7 Å². The maximum atomic E-state index is 14.8. The number of halogens is 2. The van der Waals surface area contributed by atoms with Gasteiger partial charge >= 0.3 is 0 Å². The zero-order valence-electron chi connectivity index (χ0n) is 29.0. The first-order valence-corrected chi connectivity index (χ1v) is 18.3. The van der Waals surface area contributed by atoms with Crippen LogP contribution >= 0.6 is 11.3 Å². The first kappa shape index (κ1) is 36.2. The van der Waals surface area contributed by atoms with Crippen LogP contribution in [0.5, 0.6) is 5.75 Å². The highest BCUT2D eigenvalue weighted by Gasteiger charge is 2.33. The van der Waals surface area contributed by atoms with Crippen LogP contribution < -0.4 is 32.0 Å². The van der Waals surface area contributed by atoms with Crippen LogP contribution in [0.3, 0.4) is 0 Å². The number of piperidine rings is 1. The minimum Gasteiger partial charge on any atom is -0.490 e. The maximum Gasteiger partial charge on any atom is 0.298 e. The van der Waals surface area contributed by atoms with E-state index in [9.17, 15) is 18.7 Å². The Morgan fingerprint density at radius 2 is 1.87 bits per heavy atom. The standard InChI is InChI=1S/C38H41F2N9O3S/c39-25-6-8-30(31(40)18-25)38(51,22-43-24-44-23-41)12-15-47-13-10-26(11-14-47)45-21-29-20-33-36(53-29)46-35(42)37(50)49(33)28-7-9-34-32(19-28)48(16-17-52-34)27-4-2-1-3-5-27/h1-9,18-20,23-24,26,45,51H,10-17,21-22H2,(H2,42,46)(H2,41,43,44). The summed E-state index contributed by atoms with van der Waals surface area (Å²) in [5, 5.41) is 15.2. The zero-order valence-corrected chi connectivity index (χ0v) is 29.8. The number of para-hydroxylation sites is 1. The molecule has 1 fully saturated rings. The molecule has 2 aromatic heterocycles. The number of nitrogens with two attached hydrogens (primary N) is 2. The van der Waals surface area contributed by atoms with Crippen molar-refractivity contribution in [3.63, 3.8) is 0 Å². The third-order valence-corrected chi connectivity index (χ3v) is 10.8. The third kappa shape index (κ3) is 7.93. The molecule has 0 amide bonds. The van der Waals surface area contributed by atoms with E-state index >= 15 is 0 Å². The van der Waals surface area contributed by atoms with E-state index in [0.29, 0.717) is 42.3 Å². The zero-order chi connectivity index (χ0) is 37.0. The lowest BCUT2D eigenvalue weighted by molar-refractivity contribution is 0.0202. The number of hydrogen-bond acceptors (Lipinski definition) is 10. The summed E-state index contributed by atoms with van der Waals surface area (Å²) in [5.41, 5.74) is 12.7. The molecule has 6 N–H and O–H groups in total. The van der Waals surface area contributed by atoms with Gasteiger partial charge in [0, 0.05) is 41.3 Å².